The monoisotopic (exact) mass is 235 g/mol. The van der Waals surface area contributed by atoms with Gasteiger partial charge < -0.3 is 15.3 Å². The SMILES string of the molecule is Cc1cnccc1C(=O)N(C)[C@H]1CNC[C@@H]1O. The predicted octanol–water partition coefficient (Wildman–Crippen LogP) is -0.205. The largest absolute Gasteiger partial charge is 0.390 e. The van der Waals surface area contributed by atoms with Crippen molar-refractivity contribution in [3.05, 3.63) is 29.6 Å². The smallest absolute Gasteiger partial charge is 0.254 e. The molecule has 2 N–H and O–H groups in total. The second-order valence-corrected chi connectivity index (χ2v) is 4.40. The molecule has 1 aromatic heterocycles. The molecule has 1 amide bonds. The van der Waals surface area contributed by atoms with Crippen molar-refractivity contribution < 1.29 is 9.90 Å². The van der Waals surface area contributed by atoms with Gasteiger partial charge in [-0.05, 0) is 18.6 Å². The van der Waals surface area contributed by atoms with Gasteiger partial charge in [-0.15, -0.1) is 0 Å². The lowest BCUT2D eigenvalue weighted by atomic mass is 10.1. The Hall–Kier alpha value is -1.46. The molecule has 0 aliphatic carbocycles. The predicted molar refractivity (Wildman–Crippen MR) is 63.7 cm³/mol. The molecule has 1 aromatic rings. The fourth-order valence-electron chi connectivity index (χ4n) is 2.10. The van der Waals surface area contributed by atoms with E-state index in [-0.39, 0.29) is 11.9 Å². The molecule has 1 aliphatic heterocycles. The Kier molecular flexibility index (Phi) is 3.40. The van der Waals surface area contributed by atoms with E-state index in [1.165, 1.54) is 0 Å². The molecule has 0 saturated carbocycles. The van der Waals surface area contributed by atoms with E-state index in [4.69, 9.17) is 0 Å². The number of hydrogen-bond donors (Lipinski definition) is 2. The highest BCUT2D eigenvalue weighted by atomic mass is 16.3. The van der Waals surface area contributed by atoms with Gasteiger partial charge in [-0.3, -0.25) is 9.78 Å². The zero-order valence-electron chi connectivity index (χ0n) is 10.1. The topological polar surface area (TPSA) is 65.5 Å². The maximum Gasteiger partial charge on any atom is 0.254 e. The molecule has 0 unspecified atom stereocenters. The van der Waals surface area contributed by atoms with Gasteiger partial charge in [-0.1, -0.05) is 0 Å². The second-order valence-electron chi connectivity index (χ2n) is 4.40. The van der Waals surface area contributed by atoms with Crippen molar-refractivity contribution in [2.75, 3.05) is 20.1 Å². The minimum Gasteiger partial charge on any atom is -0.390 e. The van der Waals surface area contributed by atoms with Gasteiger partial charge in [0.1, 0.15) is 0 Å². The number of likely N-dealkylation sites (N-methyl/N-ethyl adjacent to an activating group) is 1. The van der Waals surface area contributed by atoms with E-state index in [1.807, 2.05) is 6.92 Å². The Morgan fingerprint density at radius 1 is 1.59 bits per heavy atom. The summed E-state index contributed by atoms with van der Waals surface area (Å²) in [6.07, 6.45) is 2.79. The summed E-state index contributed by atoms with van der Waals surface area (Å²) in [5, 5.41) is 12.8. The molecule has 0 bridgehead atoms. The lowest BCUT2D eigenvalue weighted by Crippen LogP contribution is -2.44. The highest BCUT2D eigenvalue weighted by molar-refractivity contribution is 5.95. The van der Waals surface area contributed by atoms with Gasteiger partial charge in [-0.2, -0.15) is 0 Å². The van der Waals surface area contributed by atoms with E-state index in [0.29, 0.717) is 18.7 Å². The van der Waals surface area contributed by atoms with E-state index >= 15 is 0 Å². The van der Waals surface area contributed by atoms with Crippen LogP contribution in [0.1, 0.15) is 15.9 Å². The molecule has 1 aliphatic rings. The number of carbonyl (C=O) groups excluding carboxylic acids is 1. The standard InChI is InChI=1S/C12H17N3O2/c1-8-5-13-4-3-9(8)12(17)15(2)10-6-14-7-11(10)16/h3-5,10-11,14,16H,6-7H2,1-2H3/t10-,11-/m0/s1. The lowest BCUT2D eigenvalue weighted by molar-refractivity contribution is 0.0580. The summed E-state index contributed by atoms with van der Waals surface area (Å²) in [7, 11) is 1.73. The molecule has 92 valence electrons. The Morgan fingerprint density at radius 3 is 2.94 bits per heavy atom. The molecule has 1 saturated heterocycles. The number of aliphatic hydroxyl groups excluding tert-OH is 1. The van der Waals surface area contributed by atoms with Crippen LogP contribution in [0.3, 0.4) is 0 Å². The van der Waals surface area contributed by atoms with Gasteiger partial charge in [0.25, 0.3) is 5.91 Å². The molecule has 5 nitrogen and oxygen atoms in total. The van der Waals surface area contributed by atoms with Crippen molar-refractivity contribution in [3.8, 4) is 0 Å². The Labute approximate surface area is 100 Å². The third kappa shape index (κ3) is 2.30. The molecule has 5 heteroatoms. The number of aromatic nitrogens is 1. The number of β-amino-alcohol motifs (C(OH)–C–C–N with tert-alkyl or cyclic N) is 1. The average molecular weight is 235 g/mol. The second kappa shape index (κ2) is 4.81. The molecular formula is C12H17N3O2. The highest BCUT2D eigenvalue weighted by Gasteiger charge is 2.31. The van der Waals surface area contributed by atoms with Crippen molar-refractivity contribution >= 4 is 5.91 Å². The van der Waals surface area contributed by atoms with E-state index in [9.17, 15) is 9.90 Å². The third-order valence-electron chi connectivity index (χ3n) is 3.22. The minimum atomic E-state index is -0.494. The van der Waals surface area contributed by atoms with Crippen molar-refractivity contribution in [1.29, 1.82) is 0 Å². The Morgan fingerprint density at radius 2 is 2.35 bits per heavy atom. The minimum absolute atomic E-state index is 0.0716. The van der Waals surface area contributed by atoms with Crippen LogP contribution in [0.25, 0.3) is 0 Å². The summed E-state index contributed by atoms with van der Waals surface area (Å²) in [5.41, 5.74) is 1.49. The normalized spacial score (nSPS) is 23.7. The maximum absolute atomic E-state index is 12.3. The molecule has 2 rings (SSSR count). The zero-order chi connectivity index (χ0) is 12.4. The van der Waals surface area contributed by atoms with Crippen LogP contribution in [0, 0.1) is 6.92 Å². The highest BCUT2D eigenvalue weighted by Crippen LogP contribution is 2.14. The van der Waals surface area contributed by atoms with Crippen LogP contribution in [0.5, 0.6) is 0 Å². The van der Waals surface area contributed by atoms with E-state index < -0.39 is 6.10 Å². The summed E-state index contributed by atoms with van der Waals surface area (Å²) >= 11 is 0. The number of aryl methyl sites for hydroxylation is 1. The van der Waals surface area contributed by atoms with Gasteiger partial charge in [0.2, 0.25) is 0 Å². The number of nitrogens with zero attached hydrogens (tertiary/aromatic N) is 2. The van der Waals surface area contributed by atoms with Crippen LogP contribution in [-0.2, 0) is 0 Å². The maximum atomic E-state index is 12.3. The van der Waals surface area contributed by atoms with Crippen molar-refractivity contribution in [3.63, 3.8) is 0 Å². The Balaban J connectivity index is 2.17. The zero-order valence-corrected chi connectivity index (χ0v) is 10.1. The number of nitrogens with one attached hydrogen (secondary N) is 1. The summed E-state index contributed by atoms with van der Waals surface area (Å²) in [6, 6.07) is 1.55. The van der Waals surface area contributed by atoms with Crippen LogP contribution in [0.4, 0.5) is 0 Å². The third-order valence-corrected chi connectivity index (χ3v) is 3.22. The van der Waals surface area contributed by atoms with Gasteiger partial charge in [0.15, 0.2) is 0 Å². The number of amides is 1. The van der Waals surface area contributed by atoms with Crippen LogP contribution in [0.15, 0.2) is 18.5 Å². The van der Waals surface area contributed by atoms with Crippen molar-refractivity contribution in [2.45, 2.75) is 19.1 Å². The van der Waals surface area contributed by atoms with Crippen molar-refractivity contribution in [2.24, 2.45) is 0 Å². The first kappa shape index (κ1) is 12.0. The average Bonchev–Trinajstić information content (AvgIpc) is 2.74. The van der Waals surface area contributed by atoms with E-state index in [0.717, 1.165) is 5.56 Å². The van der Waals surface area contributed by atoms with Gasteiger partial charge in [0, 0.05) is 38.1 Å². The van der Waals surface area contributed by atoms with Crippen LogP contribution in [0.2, 0.25) is 0 Å². The Bertz CT molecular complexity index is 422. The summed E-state index contributed by atoms with van der Waals surface area (Å²) in [4.78, 5) is 17.8. The summed E-state index contributed by atoms with van der Waals surface area (Å²) in [5.74, 6) is -0.0716. The summed E-state index contributed by atoms with van der Waals surface area (Å²) in [6.45, 7) is 3.03. The fourth-order valence-corrected chi connectivity index (χ4v) is 2.10. The van der Waals surface area contributed by atoms with Crippen LogP contribution < -0.4 is 5.32 Å². The van der Waals surface area contributed by atoms with Gasteiger partial charge >= 0.3 is 0 Å². The lowest BCUT2D eigenvalue weighted by Gasteiger charge is -2.26. The first-order valence-electron chi connectivity index (χ1n) is 5.68. The number of carbonyl (C=O) groups is 1. The molecule has 0 radical (unpaired) electrons. The molecule has 0 spiro atoms. The number of aliphatic hydroxyl groups is 1. The quantitative estimate of drug-likeness (QED) is 0.745. The van der Waals surface area contributed by atoms with E-state index in [1.54, 1.807) is 30.4 Å². The summed E-state index contributed by atoms with van der Waals surface area (Å²) < 4.78 is 0. The molecule has 2 atom stereocenters. The van der Waals surface area contributed by atoms with Crippen molar-refractivity contribution in [1.82, 2.24) is 15.2 Å². The molecule has 2 heterocycles. The molecule has 0 aromatic carbocycles. The number of rotatable bonds is 2. The number of hydrogen-bond acceptors (Lipinski definition) is 4. The van der Waals surface area contributed by atoms with Gasteiger partial charge in [0.05, 0.1) is 12.1 Å². The van der Waals surface area contributed by atoms with E-state index in [2.05, 4.69) is 10.3 Å². The van der Waals surface area contributed by atoms with Gasteiger partial charge in [-0.25, -0.2) is 0 Å². The molecule has 17 heavy (non-hydrogen) atoms. The molecule has 1 fully saturated rings. The van der Waals surface area contributed by atoms with Crippen LogP contribution in [-0.4, -0.2) is 53.2 Å². The first-order valence-corrected chi connectivity index (χ1v) is 5.68. The fraction of sp³-hybridized carbons (Fsp3) is 0.500. The van der Waals surface area contributed by atoms with Crippen LogP contribution >= 0.6 is 0 Å². The first-order chi connectivity index (χ1) is 8.11. The molecular weight excluding hydrogens is 218 g/mol. The number of pyridine rings is 1.